The van der Waals surface area contributed by atoms with E-state index in [1.807, 2.05) is 5.83 Å². The van der Waals surface area contributed by atoms with E-state index in [4.69, 9.17) is 9.79 Å². The standard InChI is InChI=1S/C16H35O3P.CH3Br.Mg.2H/c1-2-3-4-5-6-7-8-9-10-11-12-13-14-15-16-20(17,18)19;1-2;;;/h2-16H2,1H3,(H2,17,18,19);1H3;;;. The van der Waals surface area contributed by atoms with E-state index in [0.29, 0.717) is 6.42 Å². The van der Waals surface area contributed by atoms with E-state index in [0.717, 1.165) is 12.8 Å². The molecule has 0 rings (SSSR count). The second-order valence-electron chi connectivity index (χ2n) is 5.98. The number of hydrogen-bond donors (Lipinski definition) is 2. The number of alkyl halides is 1. The minimum absolute atomic E-state index is 0. The van der Waals surface area contributed by atoms with E-state index in [1.165, 1.54) is 70.6 Å². The van der Waals surface area contributed by atoms with Gasteiger partial charge in [0.1, 0.15) is 0 Å². The van der Waals surface area contributed by atoms with Crippen LogP contribution < -0.4 is 0 Å². The van der Waals surface area contributed by atoms with E-state index in [9.17, 15) is 4.57 Å². The van der Waals surface area contributed by atoms with Gasteiger partial charge in [0.15, 0.2) is 0 Å². The smallest absolute Gasteiger partial charge is 0.324 e. The molecule has 0 unspecified atom stereocenters. The van der Waals surface area contributed by atoms with Crippen molar-refractivity contribution in [2.75, 3.05) is 12.0 Å². The first-order valence-electron chi connectivity index (χ1n) is 8.98. The monoisotopic (exact) mass is 426 g/mol. The lowest BCUT2D eigenvalue weighted by molar-refractivity contribution is 0.370. The predicted octanol–water partition coefficient (Wildman–Crippen LogP) is 5.74. The van der Waals surface area contributed by atoms with Gasteiger partial charge in [-0.2, -0.15) is 0 Å². The molecular formula is C17H40BrMgO3P. The third-order valence-corrected chi connectivity index (χ3v) is 4.70. The average Bonchev–Trinajstić information content (AvgIpc) is 2.48. The summed E-state index contributed by atoms with van der Waals surface area (Å²) in [6.45, 7) is 2.26. The first-order chi connectivity index (χ1) is 10.6. The summed E-state index contributed by atoms with van der Waals surface area (Å²) in [5.41, 5.74) is 0. The molecule has 23 heavy (non-hydrogen) atoms. The molecule has 0 saturated carbocycles. The van der Waals surface area contributed by atoms with Gasteiger partial charge in [0, 0.05) is 6.16 Å². The first-order valence-corrected chi connectivity index (χ1v) is 12.4. The van der Waals surface area contributed by atoms with Gasteiger partial charge in [-0.3, -0.25) is 4.57 Å². The Bertz CT molecular complexity index is 250. The maximum atomic E-state index is 10.6. The van der Waals surface area contributed by atoms with Gasteiger partial charge < -0.3 is 9.79 Å². The molecule has 0 saturated heterocycles. The van der Waals surface area contributed by atoms with Crippen molar-refractivity contribution in [1.82, 2.24) is 0 Å². The van der Waals surface area contributed by atoms with Crippen molar-refractivity contribution in [1.29, 1.82) is 0 Å². The predicted molar refractivity (Wildman–Crippen MR) is 111 cm³/mol. The highest BCUT2D eigenvalue weighted by molar-refractivity contribution is 9.08. The SMILES string of the molecule is CBr.CCCCCCCCCCCCCCCCP(=O)(O)O.[MgH2]. The second kappa shape index (κ2) is 23.4. The molecule has 0 atom stereocenters. The maximum Gasteiger partial charge on any atom is 0.325 e. The van der Waals surface area contributed by atoms with Crippen LogP contribution in [-0.2, 0) is 4.57 Å². The van der Waals surface area contributed by atoms with Crippen LogP contribution in [0.3, 0.4) is 0 Å². The lowest BCUT2D eigenvalue weighted by Gasteiger charge is -2.04. The van der Waals surface area contributed by atoms with Crippen LogP contribution >= 0.6 is 23.5 Å². The molecule has 0 bridgehead atoms. The summed E-state index contributed by atoms with van der Waals surface area (Å²) in [4.78, 5) is 17.4. The fourth-order valence-corrected chi connectivity index (χ4v) is 3.15. The first kappa shape index (κ1) is 29.2. The normalized spacial score (nSPS) is 10.7. The van der Waals surface area contributed by atoms with Gasteiger partial charge in [-0.05, 0) is 12.3 Å². The van der Waals surface area contributed by atoms with Gasteiger partial charge >= 0.3 is 30.6 Å². The van der Waals surface area contributed by atoms with E-state index < -0.39 is 7.60 Å². The number of halogens is 1. The molecule has 0 aromatic rings. The van der Waals surface area contributed by atoms with Crippen molar-refractivity contribution < 1.29 is 14.4 Å². The van der Waals surface area contributed by atoms with Crippen molar-refractivity contribution in [2.24, 2.45) is 0 Å². The Morgan fingerprint density at radius 2 is 0.913 bits per heavy atom. The van der Waals surface area contributed by atoms with Crippen molar-refractivity contribution in [2.45, 2.75) is 96.8 Å². The van der Waals surface area contributed by atoms with Gasteiger partial charge in [0.05, 0.1) is 0 Å². The lowest BCUT2D eigenvalue weighted by Crippen LogP contribution is -1.88. The van der Waals surface area contributed by atoms with Crippen LogP contribution in [0.4, 0.5) is 0 Å². The summed E-state index contributed by atoms with van der Waals surface area (Å²) < 4.78 is 10.6. The summed E-state index contributed by atoms with van der Waals surface area (Å²) in [5, 5.41) is 0. The highest BCUT2D eigenvalue weighted by Gasteiger charge is 2.10. The van der Waals surface area contributed by atoms with Crippen molar-refractivity contribution >= 4 is 46.6 Å². The molecule has 0 fully saturated rings. The van der Waals surface area contributed by atoms with Crippen molar-refractivity contribution in [3.8, 4) is 0 Å². The molecule has 3 nitrogen and oxygen atoms in total. The zero-order valence-electron chi connectivity index (χ0n) is 14.7. The second-order valence-corrected chi connectivity index (χ2v) is 7.76. The Kier molecular flexibility index (Phi) is 29.7. The molecule has 0 aliphatic heterocycles. The zero-order chi connectivity index (χ0) is 17.1. The molecule has 140 valence electrons. The Morgan fingerprint density at radius 1 is 0.652 bits per heavy atom. The molecule has 0 radical (unpaired) electrons. The van der Waals surface area contributed by atoms with Gasteiger partial charge in [-0.25, -0.2) is 0 Å². The summed E-state index contributed by atoms with van der Waals surface area (Å²) in [5.74, 6) is 1.81. The fourth-order valence-electron chi connectivity index (χ4n) is 2.51. The van der Waals surface area contributed by atoms with Crippen LogP contribution in [0.15, 0.2) is 0 Å². The Labute approximate surface area is 169 Å². The van der Waals surface area contributed by atoms with Crippen LogP contribution in [0.2, 0.25) is 0 Å². The summed E-state index contributed by atoms with van der Waals surface area (Å²) in [7, 11) is -3.75. The zero-order valence-corrected chi connectivity index (χ0v) is 17.2. The lowest BCUT2D eigenvalue weighted by atomic mass is 10.0. The third-order valence-electron chi connectivity index (χ3n) is 3.80. The number of unbranched alkanes of at least 4 members (excludes halogenated alkanes) is 13. The van der Waals surface area contributed by atoms with E-state index >= 15 is 0 Å². The van der Waals surface area contributed by atoms with Crippen molar-refractivity contribution in [3.63, 3.8) is 0 Å². The molecule has 0 aliphatic carbocycles. The molecule has 0 spiro atoms. The molecule has 0 aliphatic rings. The third kappa shape index (κ3) is 31.6. The van der Waals surface area contributed by atoms with Crippen LogP contribution in [0, 0.1) is 0 Å². The van der Waals surface area contributed by atoms with Crippen LogP contribution in [0.1, 0.15) is 96.8 Å². The Balaban J connectivity index is -0.00000128. The maximum absolute atomic E-state index is 10.6. The van der Waals surface area contributed by atoms with Gasteiger partial charge in [-0.1, -0.05) is 106 Å². The topological polar surface area (TPSA) is 57.5 Å². The highest BCUT2D eigenvalue weighted by Crippen LogP contribution is 2.35. The molecule has 2 N–H and O–H groups in total. The van der Waals surface area contributed by atoms with E-state index in [-0.39, 0.29) is 29.2 Å². The summed E-state index contributed by atoms with van der Waals surface area (Å²) in [6.07, 6.45) is 17.7. The minimum Gasteiger partial charge on any atom is -0.324 e. The summed E-state index contributed by atoms with van der Waals surface area (Å²) >= 11 is 2.94. The molecule has 0 heterocycles. The highest BCUT2D eigenvalue weighted by atomic mass is 79.9. The van der Waals surface area contributed by atoms with Crippen molar-refractivity contribution in [3.05, 3.63) is 0 Å². The average molecular weight is 428 g/mol. The van der Waals surface area contributed by atoms with Crippen LogP contribution in [0.5, 0.6) is 0 Å². The largest absolute Gasteiger partial charge is 0.325 e. The Hall–Kier alpha value is 1.40. The van der Waals surface area contributed by atoms with E-state index in [2.05, 4.69) is 22.9 Å². The molecular weight excluding hydrogens is 387 g/mol. The van der Waals surface area contributed by atoms with Gasteiger partial charge in [-0.15, -0.1) is 0 Å². The molecule has 0 aromatic carbocycles. The number of rotatable bonds is 15. The molecule has 0 aromatic heterocycles. The van der Waals surface area contributed by atoms with Crippen LogP contribution in [-0.4, -0.2) is 44.8 Å². The van der Waals surface area contributed by atoms with Gasteiger partial charge in [0.25, 0.3) is 0 Å². The Morgan fingerprint density at radius 3 is 1.17 bits per heavy atom. The molecule has 0 amide bonds. The minimum atomic E-state index is -3.75. The number of hydrogen-bond acceptors (Lipinski definition) is 1. The van der Waals surface area contributed by atoms with E-state index in [1.54, 1.807) is 0 Å². The molecule has 6 heteroatoms. The van der Waals surface area contributed by atoms with Crippen LogP contribution in [0.25, 0.3) is 0 Å². The van der Waals surface area contributed by atoms with Gasteiger partial charge in [0.2, 0.25) is 0 Å². The summed E-state index contributed by atoms with van der Waals surface area (Å²) in [6, 6.07) is 0. The quantitative estimate of drug-likeness (QED) is 0.152. The fraction of sp³-hybridized carbons (Fsp3) is 1.00.